The molecular weight excluding hydrogens is 464 g/mol. The number of aryl methyl sites for hydroxylation is 1. The number of carbonyl (C=O) groups excluding carboxylic acids is 1. The summed E-state index contributed by atoms with van der Waals surface area (Å²) in [6.45, 7) is 2.10. The van der Waals surface area contributed by atoms with Crippen molar-refractivity contribution >= 4 is 43.1 Å². The minimum absolute atomic E-state index is 0.140. The van der Waals surface area contributed by atoms with Crippen molar-refractivity contribution < 1.29 is 13.2 Å². The topological polar surface area (TPSA) is 66.5 Å². The third-order valence-electron chi connectivity index (χ3n) is 4.85. The largest absolute Gasteiger partial charge is 0.359 e. The number of Topliss-reactive ketones (excluding diaryl/α,β-unsaturated/α-hetero) is 1. The first-order valence-electron chi connectivity index (χ1n) is 9.31. The molecule has 0 bridgehead atoms. The van der Waals surface area contributed by atoms with Gasteiger partial charge in [0.25, 0.3) is 10.0 Å². The highest BCUT2D eigenvalue weighted by molar-refractivity contribution is 9.10. The van der Waals surface area contributed by atoms with Crippen LogP contribution >= 0.6 is 15.9 Å². The summed E-state index contributed by atoms with van der Waals surface area (Å²) in [4.78, 5) is 12.8. The lowest BCUT2D eigenvalue weighted by atomic mass is 10.1. The molecule has 30 heavy (non-hydrogen) atoms. The molecule has 5 nitrogen and oxygen atoms in total. The zero-order chi connectivity index (χ0) is 21.3. The van der Waals surface area contributed by atoms with Crippen molar-refractivity contribution in [3.63, 3.8) is 0 Å². The van der Waals surface area contributed by atoms with Crippen LogP contribution in [0.5, 0.6) is 0 Å². The van der Waals surface area contributed by atoms with Gasteiger partial charge in [0.1, 0.15) is 0 Å². The van der Waals surface area contributed by atoms with Crippen LogP contribution in [0.3, 0.4) is 0 Å². The second-order valence-corrected chi connectivity index (χ2v) is 9.66. The number of rotatable bonds is 4. The zero-order valence-corrected chi connectivity index (χ0v) is 18.6. The van der Waals surface area contributed by atoms with E-state index in [4.69, 9.17) is 0 Å². The number of para-hydroxylation sites is 2. The van der Waals surface area contributed by atoms with E-state index in [1.165, 1.54) is 10.5 Å². The Morgan fingerprint density at radius 3 is 2.50 bits per heavy atom. The summed E-state index contributed by atoms with van der Waals surface area (Å²) in [7, 11) is -4.05. The molecule has 1 aliphatic heterocycles. The van der Waals surface area contributed by atoms with Gasteiger partial charge in [-0.25, -0.2) is 8.42 Å². The van der Waals surface area contributed by atoms with Gasteiger partial charge in [-0.1, -0.05) is 54.1 Å². The van der Waals surface area contributed by atoms with E-state index in [0.29, 0.717) is 16.9 Å². The number of nitrogens with zero attached hydrogens (tertiary/aromatic N) is 1. The molecule has 0 spiro atoms. The molecular formula is C23H19BrN2O3S. The number of sulfonamides is 1. The van der Waals surface area contributed by atoms with Crippen LogP contribution in [0, 0.1) is 6.92 Å². The van der Waals surface area contributed by atoms with Crippen molar-refractivity contribution in [2.75, 3.05) is 9.62 Å². The Balaban J connectivity index is 1.80. The number of nitrogens with one attached hydrogen (secondary N) is 1. The number of allylic oxidation sites excluding steroid dienone is 1. The second-order valence-electron chi connectivity index (χ2n) is 6.98. The van der Waals surface area contributed by atoms with Crippen molar-refractivity contribution in [3.8, 4) is 0 Å². The van der Waals surface area contributed by atoms with Gasteiger partial charge in [0.05, 0.1) is 17.9 Å². The van der Waals surface area contributed by atoms with Crippen LogP contribution in [0.1, 0.15) is 21.5 Å². The van der Waals surface area contributed by atoms with Gasteiger partial charge in [0.2, 0.25) is 5.78 Å². The van der Waals surface area contributed by atoms with Crippen LogP contribution in [0.25, 0.3) is 0 Å². The number of halogens is 1. The summed E-state index contributed by atoms with van der Waals surface area (Å²) in [5.74, 6) is -0.523. The number of ketones is 1. The fourth-order valence-corrected chi connectivity index (χ4v) is 5.32. The highest BCUT2D eigenvalue weighted by Gasteiger charge is 2.40. The number of benzene rings is 3. The van der Waals surface area contributed by atoms with Gasteiger partial charge in [0.15, 0.2) is 4.91 Å². The summed E-state index contributed by atoms with van der Waals surface area (Å²) in [6.07, 6.45) is 1.27. The Kier molecular flexibility index (Phi) is 5.49. The van der Waals surface area contributed by atoms with Gasteiger partial charge in [-0.15, -0.1) is 0 Å². The van der Waals surface area contributed by atoms with Crippen LogP contribution < -0.4 is 9.62 Å². The number of fused-ring (bicyclic) bond motifs is 1. The lowest BCUT2D eigenvalue weighted by molar-refractivity contribution is 0.104. The molecule has 1 heterocycles. The van der Waals surface area contributed by atoms with Crippen molar-refractivity contribution in [2.24, 2.45) is 0 Å². The predicted molar refractivity (Wildman–Crippen MR) is 123 cm³/mol. The van der Waals surface area contributed by atoms with Crippen LogP contribution in [0.4, 0.5) is 11.4 Å². The van der Waals surface area contributed by atoms with Crippen molar-refractivity contribution in [1.82, 2.24) is 0 Å². The van der Waals surface area contributed by atoms with Gasteiger partial charge in [-0.05, 0) is 52.7 Å². The minimum Gasteiger partial charge on any atom is -0.359 e. The van der Waals surface area contributed by atoms with Gasteiger partial charge in [-0.2, -0.15) is 0 Å². The van der Waals surface area contributed by atoms with Gasteiger partial charge in [0, 0.05) is 16.2 Å². The van der Waals surface area contributed by atoms with Crippen LogP contribution in [0.2, 0.25) is 0 Å². The molecule has 4 rings (SSSR count). The Morgan fingerprint density at radius 2 is 1.73 bits per heavy atom. The highest BCUT2D eigenvalue weighted by atomic mass is 79.9. The van der Waals surface area contributed by atoms with Crippen LogP contribution in [0.15, 0.2) is 88.4 Å². The van der Waals surface area contributed by atoms with Crippen molar-refractivity contribution in [1.29, 1.82) is 0 Å². The molecule has 0 atom stereocenters. The monoisotopic (exact) mass is 482 g/mol. The maximum Gasteiger partial charge on any atom is 0.270 e. The molecule has 3 aromatic rings. The Bertz CT molecular complexity index is 1270. The molecule has 152 valence electrons. The smallest absolute Gasteiger partial charge is 0.270 e. The van der Waals surface area contributed by atoms with Gasteiger partial charge >= 0.3 is 0 Å². The first-order chi connectivity index (χ1) is 14.4. The number of carbonyl (C=O) groups is 1. The number of hydrogen-bond acceptors (Lipinski definition) is 4. The van der Waals surface area contributed by atoms with E-state index < -0.39 is 15.8 Å². The van der Waals surface area contributed by atoms with Gasteiger partial charge < -0.3 is 5.32 Å². The van der Waals surface area contributed by atoms with E-state index in [2.05, 4.69) is 21.2 Å². The summed E-state index contributed by atoms with van der Waals surface area (Å²) in [5.41, 5.74) is 3.30. The van der Waals surface area contributed by atoms with Gasteiger partial charge in [-0.3, -0.25) is 9.10 Å². The van der Waals surface area contributed by atoms with E-state index in [1.807, 2.05) is 49.4 Å². The quantitative estimate of drug-likeness (QED) is 0.516. The molecule has 0 unspecified atom stereocenters. The first-order valence-corrected chi connectivity index (χ1v) is 11.5. The van der Waals surface area contributed by atoms with E-state index >= 15 is 0 Å². The molecule has 0 fully saturated rings. The molecule has 0 radical (unpaired) electrons. The molecule has 0 saturated carbocycles. The summed E-state index contributed by atoms with van der Waals surface area (Å²) >= 11 is 3.42. The molecule has 0 saturated heterocycles. The lowest BCUT2D eigenvalue weighted by Gasteiger charge is -2.31. The molecule has 1 aliphatic rings. The summed E-state index contributed by atoms with van der Waals surface area (Å²) in [6, 6.07) is 21.8. The molecule has 0 amide bonds. The van der Waals surface area contributed by atoms with E-state index in [-0.39, 0.29) is 11.4 Å². The zero-order valence-electron chi connectivity index (χ0n) is 16.2. The Morgan fingerprint density at radius 1 is 1.00 bits per heavy atom. The SMILES string of the molecule is Cc1cccc(CN2c3ccccc3C(=O)/C(=C\Nc3ccccc3Br)S2(=O)=O)c1. The Labute approximate surface area is 184 Å². The molecule has 0 aromatic heterocycles. The average molecular weight is 483 g/mol. The molecule has 7 heteroatoms. The van der Waals surface area contributed by atoms with E-state index in [1.54, 1.807) is 30.3 Å². The average Bonchev–Trinajstić information content (AvgIpc) is 2.72. The van der Waals surface area contributed by atoms with E-state index in [0.717, 1.165) is 15.6 Å². The maximum absolute atomic E-state index is 13.5. The maximum atomic E-state index is 13.5. The number of anilines is 2. The number of hydrogen-bond donors (Lipinski definition) is 1. The minimum atomic E-state index is -4.05. The summed E-state index contributed by atoms with van der Waals surface area (Å²) in [5, 5.41) is 2.96. The fourth-order valence-electron chi connectivity index (χ4n) is 3.39. The third kappa shape index (κ3) is 3.78. The third-order valence-corrected chi connectivity index (χ3v) is 7.31. The molecule has 0 aliphatic carbocycles. The molecule has 3 aromatic carbocycles. The predicted octanol–water partition coefficient (Wildman–Crippen LogP) is 5.24. The second kappa shape index (κ2) is 8.08. The van der Waals surface area contributed by atoms with Crippen molar-refractivity contribution in [3.05, 3.63) is 105 Å². The van der Waals surface area contributed by atoms with Crippen molar-refractivity contribution in [2.45, 2.75) is 13.5 Å². The standard InChI is InChI=1S/C23H19BrN2O3S/c1-16-7-6-8-17(13-16)15-26-21-12-5-2-9-18(21)23(27)22(30(26,28)29)14-25-20-11-4-3-10-19(20)24/h2-14,25H,15H2,1H3/b22-14+. The highest BCUT2D eigenvalue weighted by Crippen LogP contribution is 2.36. The summed E-state index contributed by atoms with van der Waals surface area (Å²) < 4.78 is 29.0. The fraction of sp³-hybridized carbons (Fsp3) is 0.0870. The molecule has 1 N–H and O–H groups in total. The van der Waals surface area contributed by atoms with Crippen LogP contribution in [-0.4, -0.2) is 14.2 Å². The van der Waals surface area contributed by atoms with E-state index in [9.17, 15) is 13.2 Å². The normalized spacial score (nSPS) is 16.4. The lowest BCUT2D eigenvalue weighted by Crippen LogP contribution is -2.39. The van der Waals surface area contributed by atoms with Crippen LogP contribution in [-0.2, 0) is 16.6 Å². The Hall–Kier alpha value is -2.90. The first kappa shape index (κ1) is 20.4.